The van der Waals surface area contributed by atoms with E-state index in [0.717, 1.165) is 54.6 Å². The first-order valence-corrected chi connectivity index (χ1v) is 10.4. The predicted octanol–water partition coefficient (Wildman–Crippen LogP) is 4.26. The van der Waals surface area contributed by atoms with Crippen LogP contribution in [0.5, 0.6) is 0 Å². The second kappa shape index (κ2) is 8.33. The molecule has 5 nitrogen and oxygen atoms in total. The van der Waals surface area contributed by atoms with Crippen molar-refractivity contribution >= 4 is 27.4 Å². The number of thiophene rings is 1. The zero-order chi connectivity index (χ0) is 18.6. The van der Waals surface area contributed by atoms with Gasteiger partial charge in [0, 0.05) is 24.1 Å². The number of benzene rings is 1. The number of fused-ring (bicyclic) bond motifs is 1. The molecule has 3 aromatic rings. The molecule has 6 heteroatoms. The normalized spacial score (nSPS) is 17.5. The van der Waals surface area contributed by atoms with Gasteiger partial charge in [-0.25, -0.2) is 9.97 Å². The van der Waals surface area contributed by atoms with E-state index in [-0.39, 0.29) is 0 Å². The van der Waals surface area contributed by atoms with E-state index in [1.165, 1.54) is 17.5 Å². The summed E-state index contributed by atoms with van der Waals surface area (Å²) in [6, 6.07) is 10.5. The highest BCUT2D eigenvalue weighted by molar-refractivity contribution is 7.17. The highest BCUT2D eigenvalue weighted by Gasteiger charge is 2.18. The van der Waals surface area contributed by atoms with Crippen LogP contribution in [-0.4, -0.2) is 48.7 Å². The molecule has 1 saturated heterocycles. The smallest absolute Gasteiger partial charge is 0.146 e. The molecule has 0 spiro atoms. The number of hydrogen-bond donors (Lipinski definition) is 1. The zero-order valence-electron chi connectivity index (χ0n) is 15.9. The topological polar surface area (TPSA) is 50.3 Å². The Kier molecular flexibility index (Phi) is 5.66. The van der Waals surface area contributed by atoms with Gasteiger partial charge in [0.25, 0.3) is 0 Å². The number of nitrogens with one attached hydrogen (secondary N) is 1. The molecular formula is C21H26N4OS. The van der Waals surface area contributed by atoms with Crippen LogP contribution in [0.1, 0.15) is 18.7 Å². The lowest BCUT2D eigenvalue weighted by molar-refractivity contribution is 0.0595. The lowest BCUT2D eigenvalue weighted by Crippen LogP contribution is -2.25. The minimum absolute atomic E-state index is 0.542. The van der Waals surface area contributed by atoms with Crippen molar-refractivity contribution in [3.05, 3.63) is 41.5 Å². The maximum atomic E-state index is 5.64. The molecule has 0 bridgehead atoms. The van der Waals surface area contributed by atoms with E-state index < -0.39 is 0 Å². The summed E-state index contributed by atoms with van der Waals surface area (Å²) in [6.45, 7) is 3.35. The third kappa shape index (κ3) is 4.29. The third-order valence-corrected chi connectivity index (χ3v) is 5.71. The van der Waals surface area contributed by atoms with Crippen molar-refractivity contribution < 1.29 is 4.74 Å². The Hall–Kier alpha value is -2.02. The van der Waals surface area contributed by atoms with Gasteiger partial charge in [0.15, 0.2) is 0 Å². The summed E-state index contributed by atoms with van der Waals surface area (Å²) in [6.07, 6.45) is 2.35. The van der Waals surface area contributed by atoms with Gasteiger partial charge in [-0.15, -0.1) is 11.3 Å². The lowest BCUT2D eigenvalue weighted by atomic mass is 10.0. The highest BCUT2D eigenvalue weighted by Crippen LogP contribution is 2.37. The fraction of sp³-hybridized carbons (Fsp3) is 0.429. The zero-order valence-corrected chi connectivity index (χ0v) is 16.8. The Labute approximate surface area is 164 Å². The maximum absolute atomic E-state index is 5.64. The Morgan fingerprint density at radius 2 is 2.07 bits per heavy atom. The van der Waals surface area contributed by atoms with E-state index in [4.69, 9.17) is 14.7 Å². The van der Waals surface area contributed by atoms with Gasteiger partial charge in [0.05, 0.1) is 18.5 Å². The van der Waals surface area contributed by atoms with E-state index in [1.54, 1.807) is 11.3 Å². The van der Waals surface area contributed by atoms with E-state index >= 15 is 0 Å². The molecule has 0 radical (unpaired) electrons. The molecule has 27 heavy (non-hydrogen) atoms. The van der Waals surface area contributed by atoms with Crippen LogP contribution < -0.4 is 5.32 Å². The van der Waals surface area contributed by atoms with E-state index in [0.29, 0.717) is 5.92 Å². The monoisotopic (exact) mass is 382 g/mol. The van der Waals surface area contributed by atoms with Crippen LogP contribution in [0.3, 0.4) is 0 Å². The Balaban J connectivity index is 1.71. The Bertz CT molecular complexity index is 888. The quantitative estimate of drug-likeness (QED) is 0.690. The van der Waals surface area contributed by atoms with Crippen LogP contribution in [0.25, 0.3) is 21.3 Å². The van der Waals surface area contributed by atoms with Crippen LogP contribution >= 0.6 is 11.3 Å². The summed E-state index contributed by atoms with van der Waals surface area (Å²) in [4.78, 5) is 12.9. The summed E-state index contributed by atoms with van der Waals surface area (Å²) in [5, 5.41) is 6.95. The molecule has 1 aliphatic heterocycles. The second-order valence-electron chi connectivity index (χ2n) is 7.39. The molecule has 1 atom stereocenters. The van der Waals surface area contributed by atoms with Gasteiger partial charge in [0.2, 0.25) is 0 Å². The molecule has 0 aliphatic carbocycles. The van der Waals surface area contributed by atoms with Gasteiger partial charge >= 0.3 is 0 Å². The molecule has 1 aromatic carbocycles. The number of ether oxygens (including phenoxy) is 1. The Morgan fingerprint density at radius 3 is 2.81 bits per heavy atom. The van der Waals surface area contributed by atoms with Crippen molar-refractivity contribution in [3.63, 3.8) is 0 Å². The first-order valence-electron chi connectivity index (χ1n) is 9.50. The van der Waals surface area contributed by atoms with Crippen molar-refractivity contribution in [2.75, 3.05) is 39.2 Å². The standard InChI is InChI=1S/C21H26N4OS/c1-25(2)12-18-23-20(22-11-15-7-6-10-26-13-15)19-17(14-27-21(19)24-18)16-8-4-3-5-9-16/h3-5,8-9,14-15H,6-7,10-13H2,1-2H3,(H,22,23,24). The van der Waals surface area contributed by atoms with Crippen molar-refractivity contribution in [2.45, 2.75) is 19.4 Å². The molecule has 1 unspecified atom stereocenters. The average Bonchev–Trinajstić information content (AvgIpc) is 3.11. The van der Waals surface area contributed by atoms with Gasteiger partial charge in [-0.3, -0.25) is 0 Å². The largest absolute Gasteiger partial charge is 0.381 e. The van der Waals surface area contributed by atoms with E-state index in [1.807, 2.05) is 20.2 Å². The minimum atomic E-state index is 0.542. The first kappa shape index (κ1) is 18.3. The number of hydrogen-bond acceptors (Lipinski definition) is 6. The van der Waals surface area contributed by atoms with E-state index in [2.05, 4.69) is 39.9 Å². The summed E-state index contributed by atoms with van der Waals surface area (Å²) >= 11 is 1.69. The predicted molar refractivity (Wildman–Crippen MR) is 112 cm³/mol. The van der Waals surface area contributed by atoms with Crippen molar-refractivity contribution in [3.8, 4) is 11.1 Å². The van der Waals surface area contributed by atoms with Gasteiger partial charge in [-0.05, 0) is 38.4 Å². The summed E-state index contributed by atoms with van der Waals surface area (Å²) in [7, 11) is 4.09. The lowest BCUT2D eigenvalue weighted by Gasteiger charge is -2.23. The molecule has 0 saturated carbocycles. The molecule has 1 fully saturated rings. The third-order valence-electron chi connectivity index (χ3n) is 4.84. The molecule has 3 heterocycles. The molecule has 0 amide bonds. The SMILES string of the molecule is CN(C)Cc1nc(NCC2CCCOC2)c2c(-c3ccccc3)csc2n1. The van der Waals surface area contributed by atoms with Crippen LogP contribution in [0.2, 0.25) is 0 Å². The van der Waals surface area contributed by atoms with Crippen LogP contribution in [0, 0.1) is 5.92 Å². The molecule has 1 N–H and O–H groups in total. The first-order chi connectivity index (χ1) is 13.2. The molecular weight excluding hydrogens is 356 g/mol. The van der Waals surface area contributed by atoms with Crippen molar-refractivity contribution in [2.24, 2.45) is 5.92 Å². The van der Waals surface area contributed by atoms with Crippen LogP contribution in [0.4, 0.5) is 5.82 Å². The average molecular weight is 383 g/mol. The number of rotatable bonds is 6. The maximum Gasteiger partial charge on any atom is 0.146 e. The second-order valence-corrected chi connectivity index (χ2v) is 8.24. The van der Waals surface area contributed by atoms with Gasteiger partial charge < -0.3 is 15.0 Å². The fourth-order valence-electron chi connectivity index (χ4n) is 3.51. The summed E-state index contributed by atoms with van der Waals surface area (Å²) < 4.78 is 5.64. The van der Waals surface area contributed by atoms with Gasteiger partial charge in [-0.2, -0.15) is 0 Å². The minimum Gasteiger partial charge on any atom is -0.381 e. The van der Waals surface area contributed by atoms with Crippen LogP contribution in [-0.2, 0) is 11.3 Å². The summed E-state index contributed by atoms with van der Waals surface area (Å²) in [5.41, 5.74) is 2.41. The van der Waals surface area contributed by atoms with Crippen molar-refractivity contribution in [1.82, 2.24) is 14.9 Å². The van der Waals surface area contributed by atoms with Crippen LogP contribution in [0.15, 0.2) is 35.7 Å². The number of aromatic nitrogens is 2. The molecule has 142 valence electrons. The van der Waals surface area contributed by atoms with Crippen molar-refractivity contribution in [1.29, 1.82) is 0 Å². The molecule has 1 aliphatic rings. The summed E-state index contributed by atoms with van der Waals surface area (Å²) in [5.74, 6) is 2.35. The molecule has 4 rings (SSSR count). The van der Waals surface area contributed by atoms with Gasteiger partial charge in [-0.1, -0.05) is 30.3 Å². The van der Waals surface area contributed by atoms with Gasteiger partial charge in [0.1, 0.15) is 16.5 Å². The number of nitrogens with zero attached hydrogens (tertiary/aromatic N) is 3. The molecule has 2 aromatic heterocycles. The number of anilines is 1. The highest BCUT2D eigenvalue weighted by atomic mass is 32.1. The Morgan fingerprint density at radius 1 is 1.22 bits per heavy atom. The fourth-order valence-corrected chi connectivity index (χ4v) is 4.47. The van der Waals surface area contributed by atoms with E-state index in [9.17, 15) is 0 Å².